The van der Waals surface area contributed by atoms with Gasteiger partial charge in [0.25, 0.3) is 0 Å². The molecular formula is C18H23Li2. The molecule has 0 nitrogen and oxygen atoms in total. The van der Waals surface area contributed by atoms with Gasteiger partial charge >= 0.3 is 37.7 Å². The minimum atomic E-state index is 0. The van der Waals surface area contributed by atoms with E-state index in [2.05, 4.69) is 67.6 Å². The molecule has 2 rings (SSSR count). The number of hydrogen-bond donors (Lipinski definition) is 0. The molecule has 0 amide bonds. The molecule has 0 atom stereocenters. The molecule has 0 aliphatic heterocycles. The van der Waals surface area contributed by atoms with Crippen LogP contribution in [0.1, 0.15) is 43.7 Å². The molecule has 0 heterocycles. The van der Waals surface area contributed by atoms with Crippen LogP contribution in [0.25, 0.3) is 0 Å². The summed E-state index contributed by atoms with van der Waals surface area (Å²) < 4.78 is 0. The van der Waals surface area contributed by atoms with E-state index in [4.69, 9.17) is 0 Å². The van der Waals surface area contributed by atoms with Gasteiger partial charge in [0.2, 0.25) is 0 Å². The van der Waals surface area contributed by atoms with Crippen molar-refractivity contribution in [2.24, 2.45) is 0 Å². The van der Waals surface area contributed by atoms with E-state index in [1.54, 1.807) is 0 Å². The third kappa shape index (κ3) is 5.95. The molecule has 0 bridgehead atoms. The Hall–Kier alpha value is -0.365. The zero-order valence-electron chi connectivity index (χ0n) is 11.1. The Balaban J connectivity index is 0.00000180. The van der Waals surface area contributed by atoms with Gasteiger partial charge in [0.15, 0.2) is 0 Å². The van der Waals surface area contributed by atoms with Crippen LogP contribution in [0, 0.1) is 5.92 Å². The number of rotatable bonds is 6. The van der Waals surface area contributed by atoms with E-state index >= 15 is 0 Å². The zero-order valence-corrected chi connectivity index (χ0v) is 11.1. The molecule has 0 aliphatic carbocycles. The van der Waals surface area contributed by atoms with Crippen LogP contribution in [0.4, 0.5) is 0 Å². The fourth-order valence-corrected chi connectivity index (χ4v) is 2.29. The second kappa shape index (κ2) is 11.3. The molecule has 0 unspecified atom stereocenters. The topological polar surface area (TPSA) is 0 Å². The summed E-state index contributed by atoms with van der Waals surface area (Å²) in [7, 11) is 0. The molecule has 0 aromatic heterocycles. The van der Waals surface area contributed by atoms with Gasteiger partial charge in [-0.25, -0.2) is 0 Å². The molecule has 2 heteroatoms. The van der Waals surface area contributed by atoms with Gasteiger partial charge in [-0.3, -0.25) is 0 Å². The SMILES string of the molecule is CCCCC[C](c1ccccc1)c1ccccc1.[LiH].[LiH]. The Bertz CT molecular complexity index is 400. The van der Waals surface area contributed by atoms with E-state index in [1.165, 1.54) is 42.7 Å². The number of hydrogen-bond acceptors (Lipinski definition) is 0. The van der Waals surface area contributed by atoms with Crippen molar-refractivity contribution in [3.05, 3.63) is 77.7 Å². The average molecular weight is 253 g/mol. The van der Waals surface area contributed by atoms with Crippen LogP contribution in [-0.2, 0) is 0 Å². The van der Waals surface area contributed by atoms with Crippen LogP contribution in [0.15, 0.2) is 60.7 Å². The predicted molar refractivity (Wildman–Crippen MR) is 92.8 cm³/mol. The van der Waals surface area contributed by atoms with Gasteiger partial charge in [0.1, 0.15) is 0 Å². The van der Waals surface area contributed by atoms with Crippen molar-refractivity contribution < 1.29 is 0 Å². The van der Waals surface area contributed by atoms with Gasteiger partial charge in [0.05, 0.1) is 0 Å². The Labute approximate surface area is 147 Å². The van der Waals surface area contributed by atoms with Gasteiger partial charge in [-0.15, -0.1) is 0 Å². The Morgan fingerprint density at radius 2 is 1.15 bits per heavy atom. The Morgan fingerprint density at radius 1 is 0.700 bits per heavy atom. The standard InChI is InChI=1S/C18H21.2Li.2H/c1-2-3-6-15-18(16-11-7-4-8-12-16)17-13-9-5-10-14-17;;;;/h4-5,7-14H,2-3,6,15H2,1H3;;;;. The maximum atomic E-state index is 2.25. The molecule has 0 fully saturated rings. The quantitative estimate of drug-likeness (QED) is 0.540. The minimum absolute atomic E-state index is 0. The van der Waals surface area contributed by atoms with Crippen molar-refractivity contribution in [1.29, 1.82) is 0 Å². The first-order valence-corrected chi connectivity index (χ1v) is 6.88. The fraction of sp³-hybridized carbons (Fsp3) is 0.278. The molecule has 0 saturated heterocycles. The molecule has 97 valence electrons. The summed E-state index contributed by atoms with van der Waals surface area (Å²) in [5, 5.41) is 0. The van der Waals surface area contributed by atoms with Crippen molar-refractivity contribution in [2.45, 2.75) is 32.6 Å². The van der Waals surface area contributed by atoms with Crippen molar-refractivity contribution in [3.63, 3.8) is 0 Å². The molecule has 20 heavy (non-hydrogen) atoms. The summed E-state index contributed by atoms with van der Waals surface area (Å²) in [6.45, 7) is 2.25. The molecule has 1 radical (unpaired) electrons. The van der Waals surface area contributed by atoms with Gasteiger partial charge in [-0.2, -0.15) is 0 Å². The van der Waals surface area contributed by atoms with Gasteiger partial charge in [-0.1, -0.05) is 86.8 Å². The first-order valence-electron chi connectivity index (χ1n) is 6.88. The second-order valence-corrected chi connectivity index (χ2v) is 4.67. The Kier molecular flexibility index (Phi) is 11.1. The van der Waals surface area contributed by atoms with Crippen LogP contribution in [0.3, 0.4) is 0 Å². The third-order valence-corrected chi connectivity index (χ3v) is 3.27. The van der Waals surface area contributed by atoms with Crippen LogP contribution in [-0.4, -0.2) is 37.7 Å². The van der Waals surface area contributed by atoms with Gasteiger partial charge < -0.3 is 0 Å². The summed E-state index contributed by atoms with van der Waals surface area (Å²) in [5.41, 5.74) is 2.72. The first-order chi connectivity index (χ1) is 8.92. The zero-order chi connectivity index (χ0) is 12.6. The second-order valence-electron chi connectivity index (χ2n) is 4.67. The molecule has 2 aromatic rings. The van der Waals surface area contributed by atoms with Gasteiger partial charge in [-0.05, 0) is 17.5 Å². The fourth-order valence-electron chi connectivity index (χ4n) is 2.29. The predicted octanol–water partition coefficient (Wildman–Crippen LogP) is 3.94. The van der Waals surface area contributed by atoms with E-state index in [9.17, 15) is 0 Å². The molecule has 0 aliphatic rings. The molecular weight excluding hydrogens is 230 g/mol. The first kappa shape index (κ1) is 19.6. The van der Waals surface area contributed by atoms with E-state index < -0.39 is 0 Å². The van der Waals surface area contributed by atoms with Crippen molar-refractivity contribution in [2.75, 3.05) is 0 Å². The van der Waals surface area contributed by atoms with Crippen LogP contribution >= 0.6 is 0 Å². The molecule has 0 N–H and O–H groups in total. The van der Waals surface area contributed by atoms with E-state index in [1.807, 2.05) is 0 Å². The van der Waals surface area contributed by atoms with Crippen molar-refractivity contribution >= 4 is 37.7 Å². The van der Waals surface area contributed by atoms with E-state index in [0.29, 0.717) is 0 Å². The van der Waals surface area contributed by atoms with Crippen LogP contribution in [0.2, 0.25) is 0 Å². The summed E-state index contributed by atoms with van der Waals surface area (Å²) in [6, 6.07) is 21.5. The number of benzene rings is 2. The van der Waals surface area contributed by atoms with E-state index in [0.717, 1.165) is 0 Å². The van der Waals surface area contributed by atoms with Crippen molar-refractivity contribution in [1.82, 2.24) is 0 Å². The summed E-state index contributed by atoms with van der Waals surface area (Å²) >= 11 is 0. The number of unbranched alkanes of at least 4 members (excludes halogenated alkanes) is 2. The normalized spacial score (nSPS) is 9.70. The molecule has 2 aromatic carbocycles. The average Bonchev–Trinajstić information content (AvgIpc) is 2.46. The third-order valence-electron chi connectivity index (χ3n) is 3.27. The van der Waals surface area contributed by atoms with Crippen LogP contribution in [0.5, 0.6) is 0 Å². The molecule has 0 saturated carbocycles. The Morgan fingerprint density at radius 3 is 1.55 bits per heavy atom. The van der Waals surface area contributed by atoms with Gasteiger partial charge in [0, 0.05) is 5.92 Å². The monoisotopic (exact) mass is 253 g/mol. The van der Waals surface area contributed by atoms with E-state index in [-0.39, 0.29) is 37.7 Å². The maximum absolute atomic E-state index is 2.25. The van der Waals surface area contributed by atoms with Crippen LogP contribution < -0.4 is 0 Å². The van der Waals surface area contributed by atoms with Crippen molar-refractivity contribution in [3.8, 4) is 0 Å². The summed E-state index contributed by atoms with van der Waals surface area (Å²) in [5.74, 6) is 1.48. The summed E-state index contributed by atoms with van der Waals surface area (Å²) in [6.07, 6.45) is 5.03. The summed E-state index contributed by atoms with van der Waals surface area (Å²) in [4.78, 5) is 0. The molecule has 0 spiro atoms.